The molecule has 0 unspecified atom stereocenters. The molecule has 2 aromatic rings. The van der Waals surface area contributed by atoms with Gasteiger partial charge in [0.1, 0.15) is 12.4 Å². The summed E-state index contributed by atoms with van der Waals surface area (Å²) in [6.45, 7) is 1.40. The lowest BCUT2D eigenvalue weighted by Gasteiger charge is -2.29. The summed E-state index contributed by atoms with van der Waals surface area (Å²) < 4.78 is 38.3. The van der Waals surface area contributed by atoms with E-state index in [1.54, 1.807) is 36.2 Å². The molecule has 2 heterocycles. The molecule has 10 heteroatoms. The maximum atomic E-state index is 12.5. The van der Waals surface area contributed by atoms with Gasteiger partial charge >= 0.3 is 6.18 Å². The number of nitrogens with one attached hydrogen (secondary N) is 1. The molecular formula is C20H23F3N6O. The highest BCUT2D eigenvalue weighted by atomic mass is 19.4. The van der Waals surface area contributed by atoms with E-state index in [1.165, 1.54) is 19.3 Å². The van der Waals surface area contributed by atoms with Gasteiger partial charge in [0, 0.05) is 50.0 Å². The zero-order valence-corrected chi connectivity index (χ0v) is 16.7. The number of hydrogen-bond donors (Lipinski definition) is 2. The fourth-order valence-electron chi connectivity index (χ4n) is 3.26. The number of aromatic nitrogens is 2. The first kappa shape index (κ1) is 21.4. The Morgan fingerprint density at radius 3 is 2.57 bits per heavy atom. The van der Waals surface area contributed by atoms with Gasteiger partial charge in [0.15, 0.2) is 0 Å². The summed E-state index contributed by atoms with van der Waals surface area (Å²) in [6, 6.07) is 6.96. The van der Waals surface area contributed by atoms with E-state index in [0.29, 0.717) is 36.6 Å². The van der Waals surface area contributed by atoms with Crippen LogP contribution in [0.15, 0.2) is 52.9 Å². The quantitative estimate of drug-likeness (QED) is 0.575. The van der Waals surface area contributed by atoms with Crippen LogP contribution in [0.3, 0.4) is 0 Å². The molecule has 3 N–H and O–H groups in total. The summed E-state index contributed by atoms with van der Waals surface area (Å²) in [5, 5.41) is 6.87. The standard InChI is InChI=1S/C20H23F3N6O/c1-13(30)28-8-7-18(25-2)17(11-28)19(24)27-16-5-3-14(4-6-16)15-9-26-29(10-15)12-20(21,22)23/h3-6,9-10,25H,7-8,11-12H2,1-2H3,(H2,24,27). The Bertz CT molecular complexity index is 975. The second-order valence-electron chi connectivity index (χ2n) is 6.98. The fourth-order valence-corrected chi connectivity index (χ4v) is 3.26. The van der Waals surface area contributed by atoms with E-state index in [4.69, 9.17) is 5.73 Å². The van der Waals surface area contributed by atoms with Crippen molar-refractivity contribution in [2.75, 3.05) is 20.1 Å². The second-order valence-corrected chi connectivity index (χ2v) is 6.98. The third-order valence-electron chi connectivity index (χ3n) is 4.83. The molecule has 1 amide bonds. The lowest BCUT2D eigenvalue weighted by atomic mass is 10.0. The van der Waals surface area contributed by atoms with Crippen LogP contribution < -0.4 is 11.1 Å². The van der Waals surface area contributed by atoms with Crippen molar-refractivity contribution in [2.45, 2.75) is 26.1 Å². The number of nitrogens with zero attached hydrogens (tertiary/aromatic N) is 4. The summed E-state index contributed by atoms with van der Waals surface area (Å²) in [4.78, 5) is 17.9. The molecule has 3 rings (SSSR count). The molecule has 0 bridgehead atoms. The number of amides is 1. The Balaban J connectivity index is 1.78. The number of carbonyl (C=O) groups excluding carboxylic acids is 1. The Morgan fingerprint density at radius 1 is 1.27 bits per heavy atom. The van der Waals surface area contributed by atoms with Gasteiger partial charge in [-0.25, -0.2) is 4.99 Å². The number of carbonyl (C=O) groups is 1. The number of amidine groups is 1. The van der Waals surface area contributed by atoms with Crippen LogP contribution in [0.4, 0.5) is 18.9 Å². The number of hydrogen-bond acceptors (Lipinski definition) is 4. The minimum Gasteiger partial charge on any atom is -0.391 e. The first-order chi connectivity index (χ1) is 14.2. The molecule has 1 aliphatic rings. The van der Waals surface area contributed by atoms with Crippen molar-refractivity contribution in [3.8, 4) is 11.1 Å². The first-order valence-electron chi connectivity index (χ1n) is 9.36. The van der Waals surface area contributed by atoms with Crippen molar-refractivity contribution in [2.24, 2.45) is 10.7 Å². The minimum absolute atomic E-state index is 0.0223. The monoisotopic (exact) mass is 420 g/mol. The third-order valence-corrected chi connectivity index (χ3v) is 4.83. The van der Waals surface area contributed by atoms with Crippen LogP contribution in [0, 0.1) is 0 Å². The van der Waals surface area contributed by atoms with Crippen LogP contribution in [-0.4, -0.2) is 52.7 Å². The molecule has 0 atom stereocenters. The van der Waals surface area contributed by atoms with Crippen molar-refractivity contribution >= 4 is 17.4 Å². The summed E-state index contributed by atoms with van der Waals surface area (Å²) in [6.07, 6.45) is -0.914. The van der Waals surface area contributed by atoms with Crippen LogP contribution in [0.5, 0.6) is 0 Å². The Hall–Kier alpha value is -3.30. The second kappa shape index (κ2) is 8.60. The van der Waals surface area contributed by atoms with Crippen LogP contribution >= 0.6 is 0 Å². The lowest BCUT2D eigenvalue weighted by molar-refractivity contribution is -0.142. The Labute approximate surface area is 172 Å². The third kappa shape index (κ3) is 5.19. The highest BCUT2D eigenvalue weighted by molar-refractivity contribution is 6.00. The molecule has 0 aliphatic carbocycles. The topological polar surface area (TPSA) is 88.5 Å². The van der Waals surface area contributed by atoms with Gasteiger partial charge in [0.05, 0.1) is 18.4 Å². The molecule has 1 aliphatic heterocycles. The van der Waals surface area contributed by atoms with E-state index in [0.717, 1.165) is 21.5 Å². The highest BCUT2D eigenvalue weighted by Crippen LogP contribution is 2.25. The Morgan fingerprint density at radius 2 is 1.97 bits per heavy atom. The lowest BCUT2D eigenvalue weighted by Crippen LogP contribution is -2.40. The van der Waals surface area contributed by atoms with E-state index < -0.39 is 12.7 Å². The molecule has 0 saturated heterocycles. The van der Waals surface area contributed by atoms with Crippen molar-refractivity contribution in [1.82, 2.24) is 20.0 Å². The number of nitrogens with two attached hydrogens (primary N) is 1. The van der Waals surface area contributed by atoms with Crippen molar-refractivity contribution in [3.05, 3.63) is 47.9 Å². The maximum absolute atomic E-state index is 12.5. The van der Waals surface area contributed by atoms with Gasteiger partial charge in [-0.3, -0.25) is 9.48 Å². The zero-order valence-electron chi connectivity index (χ0n) is 16.7. The van der Waals surface area contributed by atoms with Gasteiger partial charge in [-0.2, -0.15) is 18.3 Å². The average Bonchev–Trinajstić information content (AvgIpc) is 3.14. The van der Waals surface area contributed by atoms with Gasteiger partial charge < -0.3 is 16.0 Å². The molecule has 30 heavy (non-hydrogen) atoms. The average molecular weight is 420 g/mol. The van der Waals surface area contributed by atoms with E-state index >= 15 is 0 Å². The predicted molar refractivity (Wildman–Crippen MR) is 108 cm³/mol. The Kier molecular flexibility index (Phi) is 6.14. The number of halogens is 3. The van der Waals surface area contributed by atoms with E-state index in [1.807, 2.05) is 0 Å². The van der Waals surface area contributed by atoms with Crippen molar-refractivity contribution < 1.29 is 18.0 Å². The van der Waals surface area contributed by atoms with E-state index in [-0.39, 0.29) is 5.91 Å². The normalized spacial score (nSPS) is 15.5. The van der Waals surface area contributed by atoms with Crippen LogP contribution in [0.25, 0.3) is 11.1 Å². The van der Waals surface area contributed by atoms with Crippen LogP contribution in [0.1, 0.15) is 13.3 Å². The van der Waals surface area contributed by atoms with E-state index in [2.05, 4.69) is 15.4 Å². The van der Waals surface area contributed by atoms with Gasteiger partial charge in [-0.1, -0.05) is 12.1 Å². The molecule has 7 nitrogen and oxygen atoms in total. The minimum atomic E-state index is -4.32. The highest BCUT2D eigenvalue weighted by Gasteiger charge is 2.28. The summed E-state index contributed by atoms with van der Waals surface area (Å²) >= 11 is 0. The summed E-state index contributed by atoms with van der Waals surface area (Å²) in [7, 11) is 1.81. The smallest absolute Gasteiger partial charge is 0.391 e. The van der Waals surface area contributed by atoms with Gasteiger partial charge in [0.2, 0.25) is 5.91 Å². The molecule has 0 spiro atoms. The molecule has 160 valence electrons. The fraction of sp³-hybridized carbons (Fsp3) is 0.350. The van der Waals surface area contributed by atoms with Crippen molar-refractivity contribution in [1.29, 1.82) is 0 Å². The number of rotatable bonds is 5. The van der Waals surface area contributed by atoms with Gasteiger partial charge in [-0.05, 0) is 17.7 Å². The van der Waals surface area contributed by atoms with Gasteiger partial charge in [0.25, 0.3) is 0 Å². The molecule has 0 radical (unpaired) electrons. The van der Waals surface area contributed by atoms with E-state index in [9.17, 15) is 18.0 Å². The van der Waals surface area contributed by atoms with Crippen LogP contribution in [0.2, 0.25) is 0 Å². The number of alkyl halides is 3. The van der Waals surface area contributed by atoms with Gasteiger partial charge in [-0.15, -0.1) is 0 Å². The summed E-state index contributed by atoms with van der Waals surface area (Å²) in [5.41, 5.74) is 9.83. The van der Waals surface area contributed by atoms with Crippen molar-refractivity contribution in [3.63, 3.8) is 0 Å². The molecule has 0 fully saturated rings. The molecule has 1 aromatic heterocycles. The number of aliphatic imine (C=N–C) groups is 1. The largest absolute Gasteiger partial charge is 0.408 e. The first-order valence-corrected chi connectivity index (χ1v) is 9.36. The summed E-state index contributed by atoms with van der Waals surface area (Å²) in [5.74, 6) is 0.293. The zero-order chi connectivity index (χ0) is 21.9. The molecule has 1 aromatic carbocycles. The number of benzene rings is 1. The maximum Gasteiger partial charge on any atom is 0.408 e. The predicted octanol–water partition coefficient (Wildman–Crippen LogP) is 2.83. The molecule has 0 saturated carbocycles. The van der Waals surface area contributed by atoms with Crippen LogP contribution in [-0.2, 0) is 11.3 Å². The molecular weight excluding hydrogens is 397 g/mol. The SMILES string of the molecule is CNC1=C(C(N)=Nc2ccc(-c3cnn(CC(F)(F)F)c3)cc2)CN(C(C)=O)CC1.